The molecule has 2 aromatic carbocycles. The number of nitro groups is 1. The van der Waals surface area contributed by atoms with Gasteiger partial charge in [0, 0.05) is 36.7 Å². The third-order valence-corrected chi connectivity index (χ3v) is 4.95. The zero-order valence-electron chi connectivity index (χ0n) is 14.9. The summed E-state index contributed by atoms with van der Waals surface area (Å²) in [5.41, 5.74) is 1.18. The van der Waals surface area contributed by atoms with E-state index in [-0.39, 0.29) is 16.5 Å². The fourth-order valence-corrected chi connectivity index (χ4v) is 3.50. The number of nitrogens with zero attached hydrogens (tertiary/aromatic N) is 3. The van der Waals surface area contributed by atoms with Crippen molar-refractivity contribution in [3.05, 3.63) is 62.6 Å². The van der Waals surface area contributed by atoms with Crippen LogP contribution in [0, 0.1) is 10.1 Å². The van der Waals surface area contributed by atoms with Crippen LogP contribution in [-0.4, -0.2) is 48.5 Å². The molecule has 1 heterocycles. The molecule has 8 heteroatoms. The predicted molar refractivity (Wildman–Crippen MR) is 107 cm³/mol. The Hall–Kier alpha value is -2.61. The molecule has 1 aliphatic rings. The summed E-state index contributed by atoms with van der Waals surface area (Å²) in [5.74, 6) is 0.500. The van der Waals surface area contributed by atoms with E-state index in [4.69, 9.17) is 4.74 Å². The normalized spacial score (nSPS) is 14.1. The molecule has 0 saturated carbocycles. The smallest absolute Gasteiger partial charge is 0.293 e. The van der Waals surface area contributed by atoms with Crippen LogP contribution >= 0.6 is 15.9 Å². The van der Waals surface area contributed by atoms with Gasteiger partial charge in [0.05, 0.1) is 17.1 Å². The zero-order chi connectivity index (χ0) is 19.4. The van der Waals surface area contributed by atoms with Gasteiger partial charge in [0.25, 0.3) is 11.6 Å². The lowest BCUT2D eigenvalue weighted by molar-refractivity contribution is -0.384. The van der Waals surface area contributed by atoms with E-state index in [1.165, 1.54) is 6.07 Å². The Morgan fingerprint density at radius 3 is 2.56 bits per heavy atom. The molecule has 0 bridgehead atoms. The van der Waals surface area contributed by atoms with E-state index in [1.54, 1.807) is 29.2 Å². The number of hydrogen-bond donors (Lipinski definition) is 0. The minimum Gasteiger partial charge on any atom is -0.493 e. The highest BCUT2D eigenvalue weighted by Gasteiger charge is 2.27. The quantitative estimate of drug-likeness (QED) is 0.530. The topological polar surface area (TPSA) is 75.9 Å². The number of para-hydroxylation sites is 1. The van der Waals surface area contributed by atoms with Crippen molar-refractivity contribution in [1.29, 1.82) is 0 Å². The molecule has 1 amide bonds. The lowest BCUT2D eigenvalue weighted by Gasteiger charge is -2.36. The van der Waals surface area contributed by atoms with Crippen molar-refractivity contribution in [3.8, 4) is 5.75 Å². The monoisotopic (exact) mass is 433 g/mol. The van der Waals surface area contributed by atoms with Crippen molar-refractivity contribution in [2.45, 2.75) is 6.92 Å². The van der Waals surface area contributed by atoms with Gasteiger partial charge in [-0.05, 0) is 31.2 Å². The molecule has 1 fully saturated rings. The molecule has 3 rings (SSSR count). The fraction of sp³-hybridized carbons (Fsp3) is 0.316. The highest BCUT2D eigenvalue weighted by atomic mass is 79.9. The molecular formula is C19H20BrN3O4. The average molecular weight is 434 g/mol. The molecule has 0 radical (unpaired) electrons. The number of hydrogen-bond acceptors (Lipinski definition) is 5. The van der Waals surface area contributed by atoms with Crippen molar-refractivity contribution in [3.63, 3.8) is 0 Å². The lowest BCUT2D eigenvalue weighted by Crippen LogP contribution is -2.49. The number of piperazine rings is 1. The van der Waals surface area contributed by atoms with E-state index >= 15 is 0 Å². The molecule has 0 N–H and O–H groups in total. The van der Waals surface area contributed by atoms with Crippen molar-refractivity contribution >= 4 is 33.2 Å². The molecule has 0 aromatic heterocycles. The molecule has 0 spiro atoms. The van der Waals surface area contributed by atoms with Crippen molar-refractivity contribution in [1.82, 2.24) is 4.90 Å². The summed E-state index contributed by atoms with van der Waals surface area (Å²) in [6.07, 6.45) is 0. The van der Waals surface area contributed by atoms with Crippen LogP contribution in [0.4, 0.5) is 11.4 Å². The molecule has 0 aliphatic carbocycles. The number of carbonyl (C=O) groups excluding carboxylic acids is 1. The number of benzene rings is 2. The molecule has 142 valence electrons. The minimum absolute atomic E-state index is 0.0610. The average Bonchev–Trinajstić information content (AvgIpc) is 2.68. The second-order valence-electron chi connectivity index (χ2n) is 6.10. The van der Waals surface area contributed by atoms with Crippen LogP contribution in [0.3, 0.4) is 0 Å². The number of anilines is 1. The second-order valence-corrected chi connectivity index (χ2v) is 7.01. The van der Waals surface area contributed by atoms with E-state index in [0.29, 0.717) is 54.3 Å². The van der Waals surface area contributed by atoms with Crippen molar-refractivity contribution in [2.75, 3.05) is 37.7 Å². The number of rotatable bonds is 5. The summed E-state index contributed by atoms with van der Waals surface area (Å²) in [6.45, 7) is 4.42. The highest BCUT2D eigenvalue weighted by molar-refractivity contribution is 9.10. The van der Waals surface area contributed by atoms with Crippen LogP contribution in [0.5, 0.6) is 5.75 Å². The number of carbonyl (C=O) groups is 1. The van der Waals surface area contributed by atoms with E-state index in [0.717, 1.165) is 0 Å². The third kappa shape index (κ3) is 4.21. The van der Waals surface area contributed by atoms with Gasteiger partial charge in [0.15, 0.2) is 0 Å². The predicted octanol–water partition coefficient (Wildman–Crippen LogP) is 3.72. The van der Waals surface area contributed by atoms with E-state index < -0.39 is 0 Å². The maximum atomic E-state index is 12.9. The van der Waals surface area contributed by atoms with Gasteiger partial charge in [-0.25, -0.2) is 0 Å². The van der Waals surface area contributed by atoms with Gasteiger partial charge in [-0.3, -0.25) is 14.9 Å². The van der Waals surface area contributed by atoms with E-state index in [1.807, 2.05) is 24.0 Å². The molecule has 1 saturated heterocycles. The minimum atomic E-state index is -0.379. The van der Waals surface area contributed by atoms with Crippen molar-refractivity contribution in [2.24, 2.45) is 0 Å². The maximum absolute atomic E-state index is 12.9. The molecule has 1 aliphatic heterocycles. The first-order valence-corrected chi connectivity index (χ1v) is 9.50. The van der Waals surface area contributed by atoms with Gasteiger partial charge in [-0.2, -0.15) is 0 Å². The Kier molecular flexibility index (Phi) is 5.95. The highest BCUT2D eigenvalue weighted by Crippen LogP contribution is 2.32. The number of nitro benzene ring substituents is 1. The van der Waals surface area contributed by atoms with Crippen LogP contribution in [0.25, 0.3) is 0 Å². The van der Waals surface area contributed by atoms with Crippen LogP contribution in [0.15, 0.2) is 46.9 Å². The summed E-state index contributed by atoms with van der Waals surface area (Å²) >= 11 is 3.27. The van der Waals surface area contributed by atoms with Gasteiger partial charge >= 0.3 is 0 Å². The Bertz CT molecular complexity index is 851. The van der Waals surface area contributed by atoms with Crippen molar-refractivity contribution < 1.29 is 14.5 Å². The van der Waals surface area contributed by atoms with Crippen LogP contribution in [0.2, 0.25) is 0 Å². The summed E-state index contributed by atoms with van der Waals surface area (Å²) in [5, 5.41) is 11.4. The summed E-state index contributed by atoms with van der Waals surface area (Å²) < 4.78 is 6.22. The van der Waals surface area contributed by atoms with Crippen LogP contribution < -0.4 is 9.64 Å². The SMILES string of the molecule is CCOc1ccccc1C(=O)N1CCN(c2ccc(Br)cc2[N+](=O)[O-])CC1. The second kappa shape index (κ2) is 8.39. The first kappa shape index (κ1) is 19.2. The zero-order valence-corrected chi connectivity index (χ0v) is 16.5. The molecule has 27 heavy (non-hydrogen) atoms. The Morgan fingerprint density at radius 2 is 1.89 bits per heavy atom. The number of ether oxygens (including phenoxy) is 1. The van der Waals surface area contributed by atoms with Gasteiger partial charge in [-0.15, -0.1) is 0 Å². The summed E-state index contributed by atoms with van der Waals surface area (Å²) in [7, 11) is 0. The molecular weight excluding hydrogens is 414 g/mol. The third-order valence-electron chi connectivity index (χ3n) is 4.46. The van der Waals surface area contributed by atoms with Gasteiger partial charge in [0.1, 0.15) is 11.4 Å². The molecule has 2 aromatic rings. The summed E-state index contributed by atoms with van der Waals surface area (Å²) in [6, 6.07) is 12.2. The molecule has 0 unspecified atom stereocenters. The largest absolute Gasteiger partial charge is 0.493 e. The Balaban J connectivity index is 1.73. The van der Waals surface area contributed by atoms with Gasteiger partial charge in [-0.1, -0.05) is 28.1 Å². The Labute approximate surface area is 165 Å². The standard InChI is InChI=1S/C19H20BrN3O4/c1-2-27-18-6-4-3-5-15(18)19(24)22-11-9-21(10-12-22)16-8-7-14(20)13-17(16)23(25)26/h3-8,13H,2,9-12H2,1H3. The number of amides is 1. The molecule has 7 nitrogen and oxygen atoms in total. The van der Waals surface area contributed by atoms with E-state index in [9.17, 15) is 14.9 Å². The lowest BCUT2D eigenvalue weighted by atomic mass is 10.1. The number of halogens is 1. The summed E-state index contributed by atoms with van der Waals surface area (Å²) in [4.78, 5) is 27.6. The van der Waals surface area contributed by atoms with Gasteiger partial charge < -0.3 is 14.5 Å². The Morgan fingerprint density at radius 1 is 1.19 bits per heavy atom. The van der Waals surface area contributed by atoms with Gasteiger partial charge in [0.2, 0.25) is 0 Å². The van der Waals surface area contributed by atoms with Crippen LogP contribution in [-0.2, 0) is 0 Å². The molecule has 0 atom stereocenters. The fourth-order valence-electron chi connectivity index (χ4n) is 3.16. The van der Waals surface area contributed by atoms with Crippen LogP contribution in [0.1, 0.15) is 17.3 Å². The van der Waals surface area contributed by atoms with E-state index in [2.05, 4.69) is 15.9 Å². The first-order chi connectivity index (χ1) is 13.0. The maximum Gasteiger partial charge on any atom is 0.293 e. The first-order valence-electron chi connectivity index (χ1n) is 8.71.